The summed E-state index contributed by atoms with van der Waals surface area (Å²) in [6.07, 6.45) is 6.66. The Bertz CT molecular complexity index is 910. The van der Waals surface area contributed by atoms with Gasteiger partial charge in [0.05, 0.1) is 0 Å². The fourth-order valence-corrected chi connectivity index (χ4v) is 2.87. The normalized spacial score (nSPS) is 11.3. The van der Waals surface area contributed by atoms with Crippen molar-refractivity contribution in [2.24, 2.45) is 0 Å². The van der Waals surface area contributed by atoms with Gasteiger partial charge in [0.15, 0.2) is 5.78 Å². The number of benzene rings is 2. The molecule has 0 aliphatic heterocycles. The molecule has 0 unspecified atom stereocenters. The Labute approximate surface area is 155 Å². The van der Waals surface area contributed by atoms with E-state index in [0.717, 1.165) is 16.0 Å². The fourth-order valence-electron chi connectivity index (χ4n) is 2.25. The van der Waals surface area contributed by atoms with Crippen molar-refractivity contribution < 1.29 is 13.9 Å². The third kappa shape index (κ3) is 5.53. The van der Waals surface area contributed by atoms with E-state index >= 15 is 0 Å². The van der Waals surface area contributed by atoms with Crippen molar-refractivity contribution in [3.63, 3.8) is 0 Å². The number of carbonyl (C=O) groups excluding carboxylic acids is 1. The van der Waals surface area contributed by atoms with Crippen LogP contribution in [0.3, 0.4) is 0 Å². The molecule has 2 nitrogen and oxygen atoms in total. The second-order valence-electron chi connectivity index (χ2n) is 5.57. The van der Waals surface area contributed by atoms with Gasteiger partial charge in [-0.1, -0.05) is 36.4 Å². The van der Waals surface area contributed by atoms with Gasteiger partial charge in [0.25, 0.3) is 0 Å². The van der Waals surface area contributed by atoms with E-state index in [0.29, 0.717) is 12.4 Å². The summed E-state index contributed by atoms with van der Waals surface area (Å²) in [5.41, 5.74) is 1.68. The van der Waals surface area contributed by atoms with Crippen LogP contribution in [0.25, 0.3) is 12.2 Å². The quantitative estimate of drug-likeness (QED) is 0.498. The van der Waals surface area contributed by atoms with Crippen LogP contribution in [-0.4, -0.2) is 5.78 Å². The predicted molar refractivity (Wildman–Crippen MR) is 105 cm³/mol. The summed E-state index contributed by atoms with van der Waals surface area (Å²) in [7, 11) is 0. The molecule has 0 amide bonds. The van der Waals surface area contributed by atoms with E-state index in [1.54, 1.807) is 35.6 Å². The zero-order valence-corrected chi connectivity index (χ0v) is 14.8. The van der Waals surface area contributed by atoms with Crippen molar-refractivity contribution in [2.45, 2.75) is 6.61 Å². The molecule has 1 aromatic heterocycles. The van der Waals surface area contributed by atoms with E-state index in [4.69, 9.17) is 4.74 Å². The number of allylic oxidation sites excluding steroid dienone is 2. The minimum atomic E-state index is -0.274. The Balaban J connectivity index is 1.53. The summed E-state index contributed by atoms with van der Waals surface area (Å²) in [6.45, 7) is 0.305. The Morgan fingerprint density at radius 3 is 2.54 bits per heavy atom. The molecule has 4 heteroatoms. The number of ether oxygens (including phenoxy) is 1. The Hall–Kier alpha value is -2.98. The molecule has 0 fully saturated rings. The molecule has 26 heavy (non-hydrogen) atoms. The SMILES string of the molecule is O=C(C=Cc1ccc(OCc2cccc(F)c2)cc1)C=Cc1cccs1. The van der Waals surface area contributed by atoms with Crippen LogP contribution in [-0.2, 0) is 11.4 Å². The molecule has 0 saturated heterocycles. The summed E-state index contributed by atoms with van der Waals surface area (Å²) < 4.78 is 18.8. The van der Waals surface area contributed by atoms with Crippen LogP contribution in [0.4, 0.5) is 4.39 Å². The molecule has 3 rings (SSSR count). The first-order valence-electron chi connectivity index (χ1n) is 8.10. The fraction of sp³-hybridized carbons (Fsp3) is 0.0455. The molecule has 0 spiro atoms. The summed E-state index contributed by atoms with van der Waals surface area (Å²) in [6, 6.07) is 17.6. The zero-order chi connectivity index (χ0) is 18.2. The number of hydrogen-bond acceptors (Lipinski definition) is 3. The molecule has 130 valence electrons. The van der Waals surface area contributed by atoms with E-state index in [-0.39, 0.29) is 11.6 Å². The lowest BCUT2D eigenvalue weighted by molar-refractivity contribution is -0.110. The molecule has 1 heterocycles. The van der Waals surface area contributed by atoms with E-state index in [1.165, 1.54) is 18.2 Å². The van der Waals surface area contributed by atoms with Crippen molar-refractivity contribution in [2.75, 3.05) is 0 Å². The number of carbonyl (C=O) groups is 1. The largest absolute Gasteiger partial charge is 0.489 e. The molecular formula is C22H17FO2S. The van der Waals surface area contributed by atoms with Gasteiger partial charge in [0, 0.05) is 4.88 Å². The highest BCUT2D eigenvalue weighted by molar-refractivity contribution is 7.10. The highest BCUT2D eigenvalue weighted by atomic mass is 32.1. The molecule has 0 N–H and O–H groups in total. The Morgan fingerprint density at radius 2 is 1.81 bits per heavy atom. The first-order chi connectivity index (χ1) is 12.7. The number of thiophene rings is 1. The van der Waals surface area contributed by atoms with E-state index in [9.17, 15) is 9.18 Å². The highest BCUT2D eigenvalue weighted by Gasteiger charge is 1.98. The average Bonchev–Trinajstić information content (AvgIpc) is 3.17. The maximum atomic E-state index is 13.1. The maximum Gasteiger partial charge on any atom is 0.178 e. The van der Waals surface area contributed by atoms with Crippen LogP contribution in [0.2, 0.25) is 0 Å². The van der Waals surface area contributed by atoms with Gasteiger partial charge in [-0.15, -0.1) is 11.3 Å². The third-order valence-corrected chi connectivity index (χ3v) is 4.41. The third-order valence-electron chi connectivity index (χ3n) is 3.57. The van der Waals surface area contributed by atoms with E-state index in [1.807, 2.05) is 47.8 Å². The maximum absolute atomic E-state index is 13.1. The molecule has 0 atom stereocenters. The predicted octanol–water partition coefficient (Wildman–Crippen LogP) is 5.76. The topological polar surface area (TPSA) is 26.3 Å². The highest BCUT2D eigenvalue weighted by Crippen LogP contribution is 2.16. The summed E-state index contributed by atoms with van der Waals surface area (Å²) >= 11 is 1.59. The van der Waals surface area contributed by atoms with E-state index < -0.39 is 0 Å². The molecule has 2 aromatic carbocycles. The van der Waals surface area contributed by atoms with Gasteiger partial charge in [0.1, 0.15) is 18.2 Å². The first kappa shape index (κ1) is 17.8. The molecule has 0 radical (unpaired) electrons. The molecular weight excluding hydrogens is 347 g/mol. The minimum Gasteiger partial charge on any atom is -0.489 e. The van der Waals surface area contributed by atoms with Crippen LogP contribution in [0.1, 0.15) is 16.0 Å². The van der Waals surface area contributed by atoms with Gasteiger partial charge in [-0.2, -0.15) is 0 Å². The van der Waals surface area contributed by atoms with Gasteiger partial charge in [-0.3, -0.25) is 4.79 Å². The van der Waals surface area contributed by atoms with Gasteiger partial charge >= 0.3 is 0 Å². The second kappa shape index (κ2) is 8.92. The van der Waals surface area contributed by atoms with Gasteiger partial charge in [0.2, 0.25) is 0 Å². The van der Waals surface area contributed by atoms with Crippen LogP contribution in [0, 0.1) is 5.82 Å². The molecule has 0 aliphatic rings. The average molecular weight is 364 g/mol. The lowest BCUT2D eigenvalue weighted by Crippen LogP contribution is -1.95. The van der Waals surface area contributed by atoms with Gasteiger partial charge in [-0.25, -0.2) is 4.39 Å². The van der Waals surface area contributed by atoms with Gasteiger partial charge in [-0.05, 0) is 65.1 Å². The van der Waals surface area contributed by atoms with Crippen LogP contribution in [0.5, 0.6) is 5.75 Å². The van der Waals surface area contributed by atoms with Crippen molar-refractivity contribution >= 4 is 29.3 Å². The number of rotatable bonds is 7. The van der Waals surface area contributed by atoms with Crippen molar-refractivity contribution in [1.29, 1.82) is 0 Å². The molecule has 0 saturated carbocycles. The minimum absolute atomic E-state index is 0.0650. The van der Waals surface area contributed by atoms with Crippen molar-refractivity contribution in [1.82, 2.24) is 0 Å². The van der Waals surface area contributed by atoms with Crippen LogP contribution >= 0.6 is 11.3 Å². The van der Waals surface area contributed by atoms with Crippen molar-refractivity contribution in [3.05, 3.63) is 100 Å². The summed E-state index contributed by atoms with van der Waals surface area (Å²) in [5.74, 6) is 0.351. The zero-order valence-electron chi connectivity index (χ0n) is 14.0. The number of halogens is 1. The summed E-state index contributed by atoms with van der Waals surface area (Å²) in [5, 5.41) is 1.97. The first-order valence-corrected chi connectivity index (χ1v) is 8.98. The lowest BCUT2D eigenvalue weighted by Gasteiger charge is -2.06. The number of hydrogen-bond donors (Lipinski definition) is 0. The Kier molecular flexibility index (Phi) is 6.12. The molecule has 0 bridgehead atoms. The molecule has 3 aromatic rings. The second-order valence-corrected chi connectivity index (χ2v) is 6.55. The number of ketones is 1. The van der Waals surface area contributed by atoms with Gasteiger partial charge < -0.3 is 4.74 Å². The smallest absolute Gasteiger partial charge is 0.178 e. The summed E-state index contributed by atoms with van der Waals surface area (Å²) in [4.78, 5) is 12.9. The Morgan fingerprint density at radius 1 is 1.00 bits per heavy atom. The van der Waals surface area contributed by atoms with Crippen LogP contribution in [0.15, 0.2) is 78.2 Å². The van der Waals surface area contributed by atoms with Crippen LogP contribution < -0.4 is 4.74 Å². The molecule has 0 aliphatic carbocycles. The van der Waals surface area contributed by atoms with E-state index in [2.05, 4.69) is 0 Å². The lowest BCUT2D eigenvalue weighted by atomic mass is 10.2. The standard InChI is InChI=1S/C22H17FO2S/c23-19-4-1-3-18(15-19)16-25-21-11-7-17(8-12-21)6-9-20(24)10-13-22-5-2-14-26-22/h1-15H,16H2. The van der Waals surface area contributed by atoms with Crippen molar-refractivity contribution in [3.8, 4) is 5.75 Å². The monoisotopic (exact) mass is 364 g/mol.